The molecule has 0 radical (unpaired) electrons. The van der Waals surface area contributed by atoms with Crippen LogP contribution in [0, 0.1) is 17.8 Å². The summed E-state index contributed by atoms with van der Waals surface area (Å²) in [6.07, 6.45) is 11.3. The highest BCUT2D eigenvalue weighted by Crippen LogP contribution is 2.51. The Morgan fingerprint density at radius 3 is 2.24 bits per heavy atom. The lowest BCUT2D eigenvalue weighted by molar-refractivity contribution is -0.119. The molecule has 2 fully saturated rings. The minimum Gasteiger partial charge on any atom is -0.339 e. The number of hydrogen-bond donors (Lipinski definition) is 2. The van der Waals surface area contributed by atoms with Crippen LogP contribution in [-0.4, -0.2) is 52.4 Å². The normalized spacial score (nSPS) is 17.4. The third kappa shape index (κ3) is 5.30. The molecule has 2 aliphatic carbocycles. The van der Waals surface area contributed by atoms with Gasteiger partial charge in [0.15, 0.2) is 0 Å². The Labute approximate surface area is 217 Å². The molecular weight excluding hydrogens is 470 g/mol. The fraction of sp³-hybridized carbons (Fsp3) is 0.615. The van der Waals surface area contributed by atoms with Crippen LogP contribution in [0.1, 0.15) is 94.6 Å². The topological polar surface area (TPSA) is 125 Å². The smallest absolute Gasteiger partial charge is 0.270 e. The van der Waals surface area contributed by atoms with Crippen LogP contribution in [0.2, 0.25) is 0 Å². The average molecular weight is 508 g/mol. The van der Waals surface area contributed by atoms with Gasteiger partial charge in [-0.25, -0.2) is 4.68 Å². The first-order valence-electron chi connectivity index (χ1n) is 13.3. The quantitative estimate of drug-likeness (QED) is 0.408. The monoisotopic (exact) mass is 507 g/mol. The Morgan fingerprint density at radius 2 is 1.62 bits per heavy atom. The summed E-state index contributed by atoms with van der Waals surface area (Å²) >= 11 is 0. The fourth-order valence-electron chi connectivity index (χ4n) is 5.27. The van der Waals surface area contributed by atoms with Crippen molar-refractivity contribution in [3.63, 3.8) is 0 Å². The lowest BCUT2D eigenvalue weighted by atomic mass is 9.88. The van der Waals surface area contributed by atoms with Crippen LogP contribution in [0.25, 0.3) is 0 Å². The second-order valence-electron chi connectivity index (χ2n) is 11.0. The van der Waals surface area contributed by atoms with Crippen LogP contribution in [-0.2, 0) is 4.79 Å². The Balaban J connectivity index is 1.34. The zero-order chi connectivity index (χ0) is 26.3. The molecular formula is C26H37N9O2. The van der Waals surface area contributed by atoms with Gasteiger partial charge in [0.25, 0.3) is 5.91 Å². The van der Waals surface area contributed by atoms with Gasteiger partial charge in [-0.05, 0) is 84.1 Å². The molecule has 198 valence electrons. The van der Waals surface area contributed by atoms with Gasteiger partial charge in [0.2, 0.25) is 5.91 Å². The number of rotatable bonds is 11. The molecule has 11 heteroatoms. The number of anilines is 1. The Kier molecular flexibility index (Phi) is 6.87. The van der Waals surface area contributed by atoms with Gasteiger partial charge in [0.05, 0.1) is 29.8 Å². The van der Waals surface area contributed by atoms with Gasteiger partial charge < -0.3 is 10.6 Å². The predicted molar refractivity (Wildman–Crippen MR) is 138 cm³/mol. The van der Waals surface area contributed by atoms with Gasteiger partial charge in [0.1, 0.15) is 11.7 Å². The van der Waals surface area contributed by atoms with Crippen LogP contribution in [0.15, 0.2) is 30.9 Å². The van der Waals surface area contributed by atoms with Gasteiger partial charge >= 0.3 is 0 Å². The predicted octanol–water partition coefficient (Wildman–Crippen LogP) is 3.62. The molecule has 2 atom stereocenters. The number of carbonyl (C=O) groups excluding carboxylic acids is 2. The second-order valence-corrected chi connectivity index (χ2v) is 11.0. The van der Waals surface area contributed by atoms with Crippen molar-refractivity contribution in [1.29, 1.82) is 0 Å². The molecule has 5 rings (SSSR count). The first-order valence-corrected chi connectivity index (χ1v) is 13.3. The van der Waals surface area contributed by atoms with Crippen molar-refractivity contribution in [3.05, 3.63) is 42.2 Å². The van der Waals surface area contributed by atoms with E-state index >= 15 is 0 Å². The molecule has 3 heterocycles. The molecule has 0 saturated heterocycles. The Morgan fingerprint density at radius 1 is 0.946 bits per heavy atom. The number of aromatic nitrogens is 7. The van der Waals surface area contributed by atoms with Crippen LogP contribution < -0.4 is 10.6 Å². The standard InChI is InChI=1S/C26H37N9O2/c1-15(2)34-21(10-11-28-34)25(36)31-24(23(18-6-7-18)19-8-9-19)26(37)30-20-12-29-33(14-20)17(5)22-13-27-32-35(22)16(3)4/h10-19,23-24H,6-9H2,1-5H3,(H,30,37)(H,31,36)/t17?,24-/m0/s1. The largest absolute Gasteiger partial charge is 0.339 e. The molecule has 0 aliphatic heterocycles. The van der Waals surface area contributed by atoms with E-state index < -0.39 is 6.04 Å². The van der Waals surface area contributed by atoms with E-state index in [1.54, 1.807) is 34.0 Å². The van der Waals surface area contributed by atoms with E-state index in [9.17, 15) is 9.59 Å². The highest BCUT2D eigenvalue weighted by Gasteiger charge is 2.48. The van der Waals surface area contributed by atoms with Crippen molar-refractivity contribution >= 4 is 17.5 Å². The molecule has 3 aromatic rings. The number of carbonyl (C=O) groups is 2. The van der Waals surface area contributed by atoms with Crippen molar-refractivity contribution in [1.82, 2.24) is 39.9 Å². The van der Waals surface area contributed by atoms with Gasteiger partial charge in [0, 0.05) is 24.5 Å². The Bertz CT molecular complexity index is 1240. The van der Waals surface area contributed by atoms with Crippen molar-refractivity contribution in [2.45, 2.75) is 84.5 Å². The summed E-state index contributed by atoms with van der Waals surface area (Å²) in [5, 5.41) is 23.1. The van der Waals surface area contributed by atoms with Crippen molar-refractivity contribution in [2.75, 3.05) is 5.32 Å². The molecule has 0 aromatic carbocycles. The maximum Gasteiger partial charge on any atom is 0.270 e. The van der Waals surface area contributed by atoms with E-state index in [4.69, 9.17) is 0 Å². The van der Waals surface area contributed by atoms with Crippen molar-refractivity contribution in [3.8, 4) is 0 Å². The molecule has 1 unspecified atom stereocenters. The molecule has 2 aliphatic rings. The lowest BCUT2D eigenvalue weighted by Crippen LogP contribution is -2.50. The molecule has 2 amide bonds. The number of nitrogens with zero attached hydrogens (tertiary/aromatic N) is 7. The summed E-state index contributed by atoms with van der Waals surface area (Å²) in [7, 11) is 0. The van der Waals surface area contributed by atoms with Crippen LogP contribution >= 0.6 is 0 Å². The molecule has 37 heavy (non-hydrogen) atoms. The van der Waals surface area contributed by atoms with Crippen LogP contribution in [0.3, 0.4) is 0 Å². The first kappa shape index (κ1) is 25.2. The molecule has 3 aromatic heterocycles. The summed E-state index contributed by atoms with van der Waals surface area (Å²) in [5.41, 5.74) is 2.00. The average Bonchev–Trinajstić information content (AvgIpc) is 3.70. The van der Waals surface area contributed by atoms with Gasteiger partial charge in [-0.15, -0.1) is 5.10 Å². The maximum atomic E-state index is 13.7. The Hall–Kier alpha value is -3.50. The van der Waals surface area contributed by atoms with Gasteiger partial charge in [-0.2, -0.15) is 10.2 Å². The van der Waals surface area contributed by atoms with Crippen LogP contribution in [0.4, 0.5) is 5.69 Å². The summed E-state index contributed by atoms with van der Waals surface area (Å²) in [4.78, 5) is 27.0. The summed E-state index contributed by atoms with van der Waals surface area (Å²) in [6.45, 7) is 10.1. The van der Waals surface area contributed by atoms with E-state index in [1.165, 1.54) is 0 Å². The van der Waals surface area contributed by atoms with Crippen molar-refractivity contribution in [2.24, 2.45) is 17.8 Å². The minimum absolute atomic E-state index is 0.0423. The number of amides is 2. The van der Waals surface area contributed by atoms with Crippen molar-refractivity contribution < 1.29 is 9.59 Å². The fourth-order valence-corrected chi connectivity index (χ4v) is 5.27. The maximum absolute atomic E-state index is 13.7. The summed E-state index contributed by atoms with van der Waals surface area (Å²) in [5.74, 6) is 0.625. The van der Waals surface area contributed by atoms with E-state index in [0.29, 0.717) is 23.2 Å². The zero-order valence-electron chi connectivity index (χ0n) is 22.2. The first-order chi connectivity index (χ1) is 17.7. The third-order valence-corrected chi connectivity index (χ3v) is 7.46. The third-order valence-electron chi connectivity index (χ3n) is 7.46. The van der Waals surface area contributed by atoms with Gasteiger partial charge in [-0.1, -0.05) is 5.21 Å². The summed E-state index contributed by atoms with van der Waals surface area (Å²) in [6, 6.07) is 1.19. The molecule has 2 N–H and O–H groups in total. The zero-order valence-corrected chi connectivity index (χ0v) is 22.2. The van der Waals surface area contributed by atoms with Gasteiger partial charge in [-0.3, -0.25) is 19.0 Å². The van der Waals surface area contributed by atoms with E-state index in [0.717, 1.165) is 31.4 Å². The molecule has 2 saturated carbocycles. The molecule has 0 spiro atoms. The summed E-state index contributed by atoms with van der Waals surface area (Å²) < 4.78 is 5.35. The molecule has 11 nitrogen and oxygen atoms in total. The highest BCUT2D eigenvalue weighted by atomic mass is 16.2. The number of nitrogens with one attached hydrogen (secondary N) is 2. The van der Waals surface area contributed by atoms with E-state index in [2.05, 4.69) is 45.0 Å². The van der Waals surface area contributed by atoms with Crippen LogP contribution in [0.5, 0.6) is 0 Å². The number of hydrogen-bond acceptors (Lipinski definition) is 6. The highest BCUT2D eigenvalue weighted by molar-refractivity contribution is 6.00. The van der Waals surface area contributed by atoms with E-state index in [-0.39, 0.29) is 35.9 Å². The second kappa shape index (κ2) is 10.1. The minimum atomic E-state index is -0.615. The van der Waals surface area contributed by atoms with E-state index in [1.807, 2.05) is 31.6 Å². The SMILES string of the molecule is CC(c1cnnn1C(C)C)n1cc(NC(=O)[C@@H](NC(=O)c2ccnn2C(C)C)C(C2CC2)C2CC2)cn1. The molecule has 0 bridgehead atoms. The lowest BCUT2D eigenvalue weighted by Gasteiger charge is -2.27.